The first-order chi connectivity index (χ1) is 12.8. The van der Waals surface area contributed by atoms with E-state index < -0.39 is 10.0 Å². The van der Waals surface area contributed by atoms with Gasteiger partial charge in [-0.1, -0.05) is 12.1 Å². The highest BCUT2D eigenvalue weighted by Gasteiger charge is 2.32. The van der Waals surface area contributed by atoms with Crippen LogP contribution < -0.4 is 10.2 Å². The Balaban J connectivity index is 1.60. The van der Waals surface area contributed by atoms with Gasteiger partial charge in [0.15, 0.2) is 13.1 Å². The molecule has 1 atom stereocenters. The van der Waals surface area contributed by atoms with Crippen LogP contribution in [0, 0.1) is 13.8 Å². The van der Waals surface area contributed by atoms with Crippen molar-refractivity contribution in [2.24, 2.45) is 0 Å². The Morgan fingerprint density at radius 1 is 1.19 bits per heavy atom. The first-order valence-corrected chi connectivity index (χ1v) is 10.7. The molecular formula is C18H27N4O4S+. The molecular weight excluding hydrogens is 368 g/mol. The predicted octanol–water partition coefficient (Wildman–Crippen LogP) is -1.85. The summed E-state index contributed by atoms with van der Waals surface area (Å²) in [6.45, 7) is 6.91. The molecule has 27 heavy (non-hydrogen) atoms. The van der Waals surface area contributed by atoms with Crippen LogP contribution in [-0.2, 0) is 19.6 Å². The highest BCUT2D eigenvalue weighted by atomic mass is 32.2. The quantitative estimate of drug-likeness (QED) is 0.626. The molecule has 2 N–H and O–H groups in total. The molecule has 0 spiro atoms. The highest BCUT2D eigenvalue weighted by molar-refractivity contribution is 7.89. The highest BCUT2D eigenvalue weighted by Crippen LogP contribution is 2.22. The number of sulfonamides is 1. The number of nitrogens with zero attached hydrogens (tertiary/aromatic N) is 2. The summed E-state index contributed by atoms with van der Waals surface area (Å²) in [5, 5.41) is 2.75. The SMILES string of the molecule is Cc1ccc(C)c(S(=O)(=O)N2CCN(C(=O)C[NH+]3CCNC(=O)C3)CC2)c1. The maximum atomic E-state index is 13.0. The third-order valence-electron chi connectivity index (χ3n) is 5.17. The summed E-state index contributed by atoms with van der Waals surface area (Å²) in [6, 6.07) is 5.42. The Hall–Kier alpha value is -1.97. The fraction of sp³-hybridized carbons (Fsp3) is 0.556. The minimum Gasteiger partial charge on any atom is -0.346 e. The third-order valence-corrected chi connectivity index (χ3v) is 7.21. The van der Waals surface area contributed by atoms with Gasteiger partial charge < -0.3 is 15.1 Å². The van der Waals surface area contributed by atoms with Crippen LogP contribution in [0.15, 0.2) is 23.1 Å². The average molecular weight is 396 g/mol. The van der Waals surface area contributed by atoms with Crippen LogP contribution in [0.3, 0.4) is 0 Å². The van der Waals surface area contributed by atoms with Crippen LogP contribution in [0.1, 0.15) is 11.1 Å². The Morgan fingerprint density at radius 2 is 1.89 bits per heavy atom. The third kappa shape index (κ3) is 4.48. The standard InChI is InChI=1S/C18H26N4O4S/c1-14-3-4-15(2)16(11-14)27(25,26)22-9-7-21(8-10-22)18(24)13-20-6-5-19-17(23)12-20/h3-4,11H,5-10,12-13H2,1-2H3,(H,19,23)/p+1. The number of amides is 2. The van der Waals surface area contributed by atoms with Gasteiger partial charge in [0.25, 0.3) is 11.8 Å². The average Bonchev–Trinajstić information content (AvgIpc) is 2.63. The van der Waals surface area contributed by atoms with Crippen LogP contribution >= 0.6 is 0 Å². The van der Waals surface area contributed by atoms with E-state index in [0.717, 1.165) is 22.6 Å². The number of hydrogen-bond donors (Lipinski definition) is 2. The van der Waals surface area contributed by atoms with Crippen LogP contribution in [-0.4, -0.2) is 81.8 Å². The van der Waals surface area contributed by atoms with Crippen molar-refractivity contribution >= 4 is 21.8 Å². The first kappa shape index (κ1) is 19.8. The van der Waals surface area contributed by atoms with Gasteiger partial charge in [-0.3, -0.25) is 9.59 Å². The molecule has 2 aliphatic heterocycles. The van der Waals surface area contributed by atoms with Gasteiger partial charge in [-0.25, -0.2) is 8.42 Å². The second-order valence-corrected chi connectivity index (χ2v) is 9.16. The van der Waals surface area contributed by atoms with Gasteiger partial charge in [-0.15, -0.1) is 0 Å². The molecule has 2 aliphatic rings. The molecule has 1 aromatic rings. The van der Waals surface area contributed by atoms with Gasteiger partial charge in [0.05, 0.1) is 18.0 Å². The second kappa shape index (κ2) is 7.95. The van der Waals surface area contributed by atoms with Crippen LogP contribution in [0.5, 0.6) is 0 Å². The molecule has 0 radical (unpaired) electrons. The van der Waals surface area contributed by atoms with Crippen molar-refractivity contribution in [3.8, 4) is 0 Å². The topological polar surface area (TPSA) is 91.2 Å². The number of benzene rings is 1. The van der Waals surface area contributed by atoms with Crippen molar-refractivity contribution in [1.29, 1.82) is 0 Å². The van der Waals surface area contributed by atoms with E-state index in [0.29, 0.717) is 31.1 Å². The maximum absolute atomic E-state index is 13.0. The maximum Gasteiger partial charge on any atom is 0.277 e. The number of aryl methyl sites for hydroxylation is 2. The van der Waals surface area contributed by atoms with Gasteiger partial charge in [0, 0.05) is 26.2 Å². The smallest absolute Gasteiger partial charge is 0.277 e. The molecule has 148 valence electrons. The van der Waals surface area contributed by atoms with E-state index in [9.17, 15) is 18.0 Å². The molecule has 0 aromatic heterocycles. The normalized spacial score (nSPS) is 21.8. The number of piperazine rings is 2. The number of carbonyl (C=O) groups excluding carboxylic acids is 2. The summed E-state index contributed by atoms with van der Waals surface area (Å²) in [4.78, 5) is 26.9. The molecule has 0 saturated carbocycles. The minimum absolute atomic E-state index is 0.0246. The van der Waals surface area contributed by atoms with Gasteiger partial charge >= 0.3 is 0 Å². The Morgan fingerprint density at radius 3 is 2.56 bits per heavy atom. The van der Waals surface area contributed by atoms with Gasteiger partial charge in [0.2, 0.25) is 10.0 Å². The predicted molar refractivity (Wildman–Crippen MR) is 99.8 cm³/mol. The molecule has 8 nitrogen and oxygen atoms in total. The lowest BCUT2D eigenvalue weighted by atomic mass is 10.2. The van der Waals surface area contributed by atoms with Crippen LogP contribution in [0.4, 0.5) is 0 Å². The summed E-state index contributed by atoms with van der Waals surface area (Å²) in [5.41, 5.74) is 1.63. The molecule has 2 amide bonds. The van der Waals surface area contributed by atoms with Crippen molar-refractivity contribution < 1.29 is 22.9 Å². The zero-order valence-electron chi connectivity index (χ0n) is 15.8. The van der Waals surface area contributed by atoms with Crippen molar-refractivity contribution in [3.05, 3.63) is 29.3 Å². The minimum atomic E-state index is -3.56. The van der Waals surface area contributed by atoms with E-state index in [1.54, 1.807) is 17.9 Å². The molecule has 1 aromatic carbocycles. The summed E-state index contributed by atoms with van der Waals surface area (Å²) >= 11 is 0. The van der Waals surface area contributed by atoms with E-state index in [-0.39, 0.29) is 31.4 Å². The molecule has 2 saturated heterocycles. The zero-order chi connectivity index (χ0) is 19.6. The molecule has 0 bridgehead atoms. The van der Waals surface area contributed by atoms with Crippen molar-refractivity contribution in [3.63, 3.8) is 0 Å². The van der Waals surface area contributed by atoms with E-state index in [1.165, 1.54) is 4.31 Å². The van der Waals surface area contributed by atoms with Crippen molar-refractivity contribution in [2.75, 3.05) is 52.4 Å². The van der Waals surface area contributed by atoms with Gasteiger partial charge in [0.1, 0.15) is 0 Å². The second-order valence-electron chi connectivity index (χ2n) is 7.26. The number of hydrogen-bond acceptors (Lipinski definition) is 4. The summed E-state index contributed by atoms with van der Waals surface area (Å²) in [7, 11) is -3.56. The lowest BCUT2D eigenvalue weighted by Gasteiger charge is -2.35. The molecule has 9 heteroatoms. The zero-order valence-corrected chi connectivity index (χ0v) is 16.6. The van der Waals surface area contributed by atoms with E-state index in [4.69, 9.17) is 0 Å². The van der Waals surface area contributed by atoms with E-state index in [2.05, 4.69) is 5.32 Å². The monoisotopic (exact) mass is 395 g/mol. The lowest BCUT2D eigenvalue weighted by Crippen LogP contribution is -3.16. The summed E-state index contributed by atoms with van der Waals surface area (Å²) in [6.07, 6.45) is 0. The summed E-state index contributed by atoms with van der Waals surface area (Å²) in [5.74, 6) is -0.0584. The number of nitrogens with one attached hydrogen (secondary N) is 2. The van der Waals surface area contributed by atoms with Gasteiger partial charge in [-0.2, -0.15) is 4.31 Å². The number of rotatable bonds is 4. The Kier molecular flexibility index (Phi) is 5.83. The fourth-order valence-corrected chi connectivity index (χ4v) is 5.27. The molecule has 1 unspecified atom stereocenters. The van der Waals surface area contributed by atoms with E-state index in [1.807, 2.05) is 19.1 Å². The van der Waals surface area contributed by atoms with Crippen molar-refractivity contribution in [2.45, 2.75) is 18.7 Å². The number of carbonyl (C=O) groups is 2. The summed E-state index contributed by atoms with van der Waals surface area (Å²) < 4.78 is 27.4. The molecule has 3 rings (SSSR count). The molecule has 0 aliphatic carbocycles. The Labute approximate surface area is 160 Å². The van der Waals surface area contributed by atoms with Crippen LogP contribution in [0.25, 0.3) is 0 Å². The van der Waals surface area contributed by atoms with Gasteiger partial charge in [-0.05, 0) is 31.0 Å². The van der Waals surface area contributed by atoms with Crippen molar-refractivity contribution in [1.82, 2.24) is 14.5 Å². The Bertz CT molecular complexity index is 832. The van der Waals surface area contributed by atoms with Crippen LogP contribution in [0.2, 0.25) is 0 Å². The fourth-order valence-electron chi connectivity index (χ4n) is 3.54. The van der Waals surface area contributed by atoms with E-state index >= 15 is 0 Å². The molecule has 2 fully saturated rings. The first-order valence-electron chi connectivity index (χ1n) is 9.23. The lowest BCUT2D eigenvalue weighted by molar-refractivity contribution is -0.885. The molecule has 2 heterocycles. The largest absolute Gasteiger partial charge is 0.346 e. The number of quaternary nitrogens is 1.